The number of aryl methyl sites for hydroxylation is 2. The van der Waals surface area contributed by atoms with E-state index in [1.54, 1.807) is 0 Å². The van der Waals surface area contributed by atoms with E-state index < -0.39 is 0 Å². The maximum atomic E-state index is 12.3. The SMILES string of the molecule is Cc1cc(OCC(=O)Nc2ccc(N3CCN(Cc4ccccc4)CC3)cc2)cc(C)c1Cl. The molecule has 0 aromatic heterocycles. The van der Waals surface area contributed by atoms with Crippen LogP contribution in [0.25, 0.3) is 0 Å². The molecule has 0 aliphatic carbocycles. The number of carbonyl (C=O) groups excluding carboxylic acids is 1. The van der Waals surface area contributed by atoms with E-state index in [2.05, 4.69) is 57.6 Å². The van der Waals surface area contributed by atoms with Crippen molar-refractivity contribution < 1.29 is 9.53 Å². The highest BCUT2D eigenvalue weighted by molar-refractivity contribution is 6.32. The quantitative estimate of drug-likeness (QED) is 0.516. The molecule has 0 atom stereocenters. The largest absolute Gasteiger partial charge is 0.484 e. The number of amides is 1. The average molecular weight is 464 g/mol. The molecule has 6 heteroatoms. The monoisotopic (exact) mass is 463 g/mol. The zero-order valence-electron chi connectivity index (χ0n) is 19.2. The number of nitrogens with zero attached hydrogens (tertiary/aromatic N) is 2. The van der Waals surface area contributed by atoms with Crippen LogP contribution >= 0.6 is 11.6 Å². The van der Waals surface area contributed by atoms with Crippen molar-refractivity contribution in [3.05, 3.63) is 88.4 Å². The fraction of sp³-hybridized carbons (Fsp3) is 0.296. The molecule has 172 valence electrons. The normalized spacial score (nSPS) is 14.2. The molecule has 1 N–H and O–H groups in total. The van der Waals surface area contributed by atoms with Crippen molar-refractivity contribution in [3.63, 3.8) is 0 Å². The van der Waals surface area contributed by atoms with Crippen LogP contribution in [0.1, 0.15) is 16.7 Å². The van der Waals surface area contributed by atoms with Crippen LogP contribution in [0.15, 0.2) is 66.7 Å². The fourth-order valence-corrected chi connectivity index (χ4v) is 4.21. The Morgan fingerprint density at radius 3 is 2.21 bits per heavy atom. The molecule has 1 fully saturated rings. The van der Waals surface area contributed by atoms with Gasteiger partial charge in [0, 0.05) is 49.1 Å². The second kappa shape index (κ2) is 10.7. The summed E-state index contributed by atoms with van der Waals surface area (Å²) < 4.78 is 5.64. The van der Waals surface area contributed by atoms with E-state index in [9.17, 15) is 4.79 Å². The number of anilines is 2. The summed E-state index contributed by atoms with van der Waals surface area (Å²) in [6, 6.07) is 22.3. The van der Waals surface area contributed by atoms with Gasteiger partial charge < -0.3 is 15.0 Å². The van der Waals surface area contributed by atoms with Gasteiger partial charge in [-0.15, -0.1) is 0 Å². The van der Waals surface area contributed by atoms with Crippen LogP contribution in [0.2, 0.25) is 5.02 Å². The molecule has 0 radical (unpaired) electrons. The zero-order chi connectivity index (χ0) is 23.2. The van der Waals surface area contributed by atoms with Gasteiger partial charge in [0.25, 0.3) is 5.91 Å². The number of hydrogen-bond donors (Lipinski definition) is 1. The van der Waals surface area contributed by atoms with Crippen LogP contribution in [0.3, 0.4) is 0 Å². The van der Waals surface area contributed by atoms with Crippen molar-refractivity contribution >= 4 is 28.9 Å². The van der Waals surface area contributed by atoms with Gasteiger partial charge in [-0.05, 0) is 66.9 Å². The Labute approximate surface area is 200 Å². The Hall–Kier alpha value is -3.02. The number of halogens is 1. The first-order valence-corrected chi connectivity index (χ1v) is 11.7. The molecule has 0 unspecified atom stereocenters. The topological polar surface area (TPSA) is 44.8 Å². The Bertz CT molecular complexity index is 1060. The van der Waals surface area contributed by atoms with Crippen LogP contribution < -0.4 is 15.0 Å². The van der Waals surface area contributed by atoms with E-state index >= 15 is 0 Å². The van der Waals surface area contributed by atoms with Gasteiger partial charge in [-0.25, -0.2) is 0 Å². The Kier molecular flexibility index (Phi) is 7.53. The predicted octanol–water partition coefficient (Wildman–Crippen LogP) is 5.30. The van der Waals surface area contributed by atoms with Crippen molar-refractivity contribution in [2.75, 3.05) is 43.0 Å². The molecular formula is C27H30ClN3O2. The second-order valence-electron chi connectivity index (χ2n) is 8.50. The lowest BCUT2D eigenvalue weighted by Crippen LogP contribution is -2.45. The Balaban J connectivity index is 1.24. The van der Waals surface area contributed by atoms with Crippen LogP contribution in [-0.2, 0) is 11.3 Å². The van der Waals surface area contributed by atoms with Gasteiger partial charge in [-0.2, -0.15) is 0 Å². The molecule has 1 heterocycles. The zero-order valence-corrected chi connectivity index (χ0v) is 19.9. The van der Waals surface area contributed by atoms with Gasteiger partial charge in [-0.3, -0.25) is 9.69 Å². The average Bonchev–Trinajstić information content (AvgIpc) is 2.83. The molecule has 1 aliphatic heterocycles. The van der Waals surface area contributed by atoms with Crippen molar-refractivity contribution in [1.29, 1.82) is 0 Å². The van der Waals surface area contributed by atoms with E-state index in [0.717, 1.165) is 54.6 Å². The van der Waals surface area contributed by atoms with Crippen LogP contribution in [0.5, 0.6) is 5.75 Å². The number of rotatable bonds is 7. The summed E-state index contributed by atoms with van der Waals surface area (Å²) in [6.45, 7) is 8.85. The van der Waals surface area contributed by atoms with Gasteiger partial charge in [-0.1, -0.05) is 41.9 Å². The maximum absolute atomic E-state index is 12.3. The first-order chi connectivity index (χ1) is 16.0. The number of hydrogen-bond acceptors (Lipinski definition) is 4. The minimum atomic E-state index is -0.192. The second-order valence-corrected chi connectivity index (χ2v) is 8.88. The molecule has 1 aliphatic rings. The van der Waals surface area contributed by atoms with E-state index in [4.69, 9.17) is 16.3 Å². The third-order valence-corrected chi connectivity index (χ3v) is 6.51. The van der Waals surface area contributed by atoms with Gasteiger partial charge in [0.05, 0.1) is 0 Å². The summed E-state index contributed by atoms with van der Waals surface area (Å²) in [5, 5.41) is 3.63. The minimum Gasteiger partial charge on any atom is -0.484 e. The smallest absolute Gasteiger partial charge is 0.262 e. The highest BCUT2D eigenvalue weighted by Gasteiger charge is 2.17. The van der Waals surface area contributed by atoms with E-state index in [1.807, 2.05) is 38.1 Å². The van der Waals surface area contributed by atoms with Gasteiger partial charge in [0.15, 0.2) is 6.61 Å². The van der Waals surface area contributed by atoms with Crippen molar-refractivity contribution in [1.82, 2.24) is 4.90 Å². The molecule has 1 saturated heterocycles. The van der Waals surface area contributed by atoms with Crippen LogP contribution in [0.4, 0.5) is 11.4 Å². The van der Waals surface area contributed by atoms with Crippen molar-refractivity contribution in [2.45, 2.75) is 20.4 Å². The summed E-state index contributed by atoms with van der Waals surface area (Å²) in [6.07, 6.45) is 0. The summed E-state index contributed by atoms with van der Waals surface area (Å²) in [5.41, 5.74) is 5.16. The molecule has 3 aromatic rings. The lowest BCUT2D eigenvalue weighted by Gasteiger charge is -2.36. The molecule has 4 rings (SSSR count). The fourth-order valence-electron chi connectivity index (χ4n) is 4.10. The molecule has 33 heavy (non-hydrogen) atoms. The summed E-state index contributed by atoms with van der Waals surface area (Å²) in [5.74, 6) is 0.453. The van der Waals surface area contributed by atoms with Gasteiger partial charge in [0.2, 0.25) is 0 Å². The summed E-state index contributed by atoms with van der Waals surface area (Å²) in [4.78, 5) is 17.2. The predicted molar refractivity (Wildman–Crippen MR) is 135 cm³/mol. The van der Waals surface area contributed by atoms with Crippen molar-refractivity contribution in [2.24, 2.45) is 0 Å². The maximum Gasteiger partial charge on any atom is 0.262 e. The first kappa shape index (κ1) is 23.1. The first-order valence-electron chi connectivity index (χ1n) is 11.3. The molecule has 5 nitrogen and oxygen atoms in total. The molecule has 3 aromatic carbocycles. The molecular weight excluding hydrogens is 434 g/mol. The molecule has 0 bridgehead atoms. The number of carbonyl (C=O) groups is 1. The lowest BCUT2D eigenvalue weighted by atomic mass is 10.1. The van der Waals surface area contributed by atoms with Crippen LogP contribution in [-0.4, -0.2) is 43.6 Å². The number of nitrogens with one attached hydrogen (secondary N) is 1. The molecule has 0 saturated carbocycles. The highest BCUT2D eigenvalue weighted by atomic mass is 35.5. The van der Waals surface area contributed by atoms with Crippen molar-refractivity contribution in [3.8, 4) is 5.75 Å². The third kappa shape index (κ3) is 6.28. The minimum absolute atomic E-state index is 0.0500. The van der Waals surface area contributed by atoms with Gasteiger partial charge >= 0.3 is 0 Å². The molecule has 1 amide bonds. The standard InChI is InChI=1S/C27H30ClN3O2/c1-20-16-25(17-21(2)27(20)28)33-19-26(32)29-23-8-10-24(11-9-23)31-14-12-30(13-15-31)18-22-6-4-3-5-7-22/h3-11,16-17H,12-15,18-19H2,1-2H3,(H,29,32). The number of benzene rings is 3. The van der Waals surface area contributed by atoms with E-state index in [-0.39, 0.29) is 12.5 Å². The summed E-state index contributed by atoms with van der Waals surface area (Å²) in [7, 11) is 0. The third-order valence-electron chi connectivity index (χ3n) is 5.92. The Morgan fingerprint density at radius 1 is 0.939 bits per heavy atom. The lowest BCUT2D eigenvalue weighted by molar-refractivity contribution is -0.118. The molecule has 0 spiro atoms. The summed E-state index contributed by atoms with van der Waals surface area (Å²) >= 11 is 6.19. The number of piperazine rings is 1. The van der Waals surface area contributed by atoms with E-state index in [0.29, 0.717) is 5.75 Å². The van der Waals surface area contributed by atoms with E-state index in [1.165, 1.54) is 11.3 Å². The highest BCUT2D eigenvalue weighted by Crippen LogP contribution is 2.26. The van der Waals surface area contributed by atoms with Crippen LogP contribution in [0, 0.1) is 13.8 Å². The van der Waals surface area contributed by atoms with Gasteiger partial charge in [0.1, 0.15) is 5.75 Å². The Morgan fingerprint density at radius 2 is 1.58 bits per heavy atom. The number of ether oxygens (including phenoxy) is 1.